The topological polar surface area (TPSA) is 72.3 Å². The van der Waals surface area contributed by atoms with E-state index in [4.69, 9.17) is 4.74 Å². The lowest BCUT2D eigenvalue weighted by Crippen LogP contribution is -2.43. The van der Waals surface area contributed by atoms with Crippen molar-refractivity contribution in [3.63, 3.8) is 0 Å². The van der Waals surface area contributed by atoms with Gasteiger partial charge in [0.05, 0.1) is 24.0 Å². The van der Waals surface area contributed by atoms with Crippen molar-refractivity contribution < 1.29 is 9.53 Å². The minimum atomic E-state index is -0.136. The molecule has 0 aromatic carbocycles. The lowest BCUT2D eigenvalue weighted by molar-refractivity contribution is 0.0753. The van der Waals surface area contributed by atoms with Crippen molar-refractivity contribution in [1.82, 2.24) is 24.8 Å². The number of carbonyl (C=O) groups excluding carboxylic acids is 1. The molecule has 7 heteroatoms. The Hall–Kier alpha value is -1.99. The summed E-state index contributed by atoms with van der Waals surface area (Å²) < 4.78 is 7.36. The number of ether oxygens (including phenoxy) is 1. The van der Waals surface area contributed by atoms with Crippen molar-refractivity contribution in [3.05, 3.63) is 24.2 Å². The number of amides is 1. The van der Waals surface area contributed by atoms with E-state index < -0.39 is 0 Å². The molecule has 2 atom stereocenters. The second kappa shape index (κ2) is 6.25. The quantitative estimate of drug-likeness (QED) is 0.903. The van der Waals surface area contributed by atoms with E-state index in [0.29, 0.717) is 11.6 Å². The van der Waals surface area contributed by atoms with Crippen LogP contribution in [0.15, 0.2) is 18.6 Å². The van der Waals surface area contributed by atoms with Crippen molar-refractivity contribution in [1.29, 1.82) is 0 Å². The van der Waals surface area contributed by atoms with E-state index in [2.05, 4.69) is 34.0 Å². The summed E-state index contributed by atoms with van der Waals surface area (Å²) in [4.78, 5) is 23.4. The van der Waals surface area contributed by atoms with Gasteiger partial charge in [0.1, 0.15) is 5.52 Å². The predicted molar refractivity (Wildman–Crippen MR) is 87.3 cm³/mol. The van der Waals surface area contributed by atoms with E-state index in [0.717, 1.165) is 24.3 Å². The third-order valence-electron chi connectivity index (χ3n) is 4.46. The van der Waals surface area contributed by atoms with Crippen LogP contribution in [0.4, 0.5) is 0 Å². The van der Waals surface area contributed by atoms with Crippen LogP contribution in [0.25, 0.3) is 11.2 Å². The van der Waals surface area contributed by atoms with Crippen LogP contribution in [-0.2, 0) is 11.8 Å². The molecule has 1 saturated heterocycles. The van der Waals surface area contributed by atoms with Gasteiger partial charge in [0, 0.05) is 39.5 Å². The third-order valence-corrected chi connectivity index (χ3v) is 4.46. The first-order chi connectivity index (χ1) is 11.0. The van der Waals surface area contributed by atoms with Crippen LogP contribution < -0.4 is 5.32 Å². The Morgan fingerprint density at radius 1 is 1.39 bits per heavy atom. The molecule has 1 aliphatic rings. The molecule has 3 heterocycles. The van der Waals surface area contributed by atoms with E-state index in [1.165, 1.54) is 0 Å². The molecule has 0 saturated carbocycles. The molecule has 1 amide bonds. The molecule has 1 aliphatic heterocycles. The van der Waals surface area contributed by atoms with Gasteiger partial charge in [0.2, 0.25) is 0 Å². The predicted octanol–water partition coefficient (Wildman–Crippen LogP) is 0.806. The smallest absolute Gasteiger partial charge is 0.253 e. The zero-order chi connectivity index (χ0) is 16.6. The SMILES string of the molecule is CO[C@H]1CN(C(C)C)C[C@@H]1NC(=O)c1cnc2c(c1)ncn2C. The third kappa shape index (κ3) is 3.07. The van der Waals surface area contributed by atoms with Gasteiger partial charge in [-0.3, -0.25) is 9.69 Å². The van der Waals surface area contributed by atoms with Crippen LogP contribution >= 0.6 is 0 Å². The summed E-state index contributed by atoms with van der Waals surface area (Å²) in [6.07, 6.45) is 3.29. The summed E-state index contributed by atoms with van der Waals surface area (Å²) >= 11 is 0. The molecule has 7 nitrogen and oxygen atoms in total. The zero-order valence-corrected chi connectivity index (χ0v) is 14.0. The molecule has 0 radical (unpaired) electrons. The highest BCUT2D eigenvalue weighted by Crippen LogP contribution is 2.17. The van der Waals surface area contributed by atoms with E-state index in [-0.39, 0.29) is 18.1 Å². The summed E-state index contributed by atoms with van der Waals surface area (Å²) in [6.45, 7) is 5.92. The highest BCUT2D eigenvalue weighted by atomic mass is 16.5. The van der Waals surface area contributed by atoms with Crippen molar-refractivity contribution in [3.8, 4) is 0 Å². The maximum atomic E-state index is 12.5. The molecule has 124 valence electrons. The molecule has 1 N–H and O–H groups in total. The maximum absolute atomic E-state index is 12.5. The summed E-state index contributed by atoms with van der Waals surface area (Å²) in [5.74, 6) is -0.136. The fraction of sp³-hybridized carbons (Fsp3) is 0.562. The average molecular weight is 317 g/mol. The number of rotatable bonds is 4. The second-order valence-electron chi connectivity index (χ2n) is 6.32. The summed E-state index contributed by atoms with van der Waals surface area (Å²) in [6, 6.07) is 2.18. The van der Waals surface area contributed by atoms with Gasteiger partial charge in [-0.2, -0.15) is 0 Å². The van der Waals surface area contributed by atoms with Gasteiger partial charge in [-0.05, 0) is 19.9 Å². The highest BCUT2D eigenvalue weighted by Gasteiger charge is 2.35. The van der Waals surface area contributed by atoms with Crippen LogP contribution in [0.3, 0.4) is 0 Å². The largest absolute Gasteiger partial charge is 0.378 e. The van der Waals surface area contributed by atoms with E-state index >= 15 is 0 Å². The van der Waals surface area contributed by atoms with Gasteiger partial charge in [0.25, 0.3) is 5.91 Å². The van der Waals surface area contributed by atoms with Gasteiger partial charge >= 0.3 is 0 Å². The first-order valence-corrected chi connectivity index (χ1v) is 7.84. The number of methoxy groups -OCH3 is 1. The normalized spacial score (nSPS) is 22.1. The summed E-state index contributed by atoms with van der Waals surface area (Å²) in [7, 11) is 3.57. The Balaban J connectivity index is 1.74. The molecule has 0 unspecified atom stereocenters. The first-order valence-electron chi connectivity index (χ1n) is 7.84. The second-order valence-corrected chi connectivity index (χ2v) is 6.32. The molecule has 0 spiro atoms. The average Bonchev–Trinajstić information content (AvgIpc) is 3.11. The molecule has 0 bridgehead atoms. The first kappa shape index (κ1) is 15.9. The van der Waals surface area contributed by atoms with Crippen LogP contribution in [-0.4, -0.2) is 63.7 Å². The highest BCUT2D eigenvalue weighted by molar-refractivity contribution is 5.96. The van der Waals surface area contributed by atoms with E-state index in [1.54, 1.807) is 25.7 Å². The van der Waals surface area contributed by atoms with Crippen molar-refractivity contribution in [2.45, 2.75) is 32.0 Å². The van der Waals surface area contributed by atoms with Crippen molar-refractivity contribution in [2.75, 3.05) is 20.2 Å². The van der Waals surface area contributed by atoms with Crippen LogP contribution in [0.2, 0.25) is 0 Å². The molecular formula is C16H23N5O2. The van der Waals surface area contributed by atoms with E-state index in [1.807, 2.05) is 11.6 Å². The van der Waals surface area contributed by atoms with Gasteiger partial charge in [0.15, 0.2) is 5.65 Å². The number of imidazole rings is 1. The number of carbonyl (C=O) groups is 1. The zero-order valence-electron chi connectivity index (χ0n) is 14.0. The number of aromatic nitrogens is 3. The number of hydrogen-bond acceptors (Lipinski definition) is 5. The fourth-order valence-electron chi connectivity index (χ4n) is 2.99. The Morgan fingerprint density at radius 2 is 2.17 bits per heavy atom. The van der Waals surface area contributed by atoms with Gasteiger partial charge in [-0.1, -0.05) is 0 Å². The Labute approximate surface area is 135 Å². The molecule has 3 rings (SSSR count). The minimum absolute atomic E-state index is 0.00731. The lowest BCUT2D eigenvalue weighted by atomic mass is 10.2. The van der Waals surface area contributed by atoms with Crippen LogP contribution in [0, 0.1) is 0 Å². The Bertz CT molecular complexity index is 712. The Kier molecular flexibility index (Phi) is 4.32. The lowest BCUT2D eigenvalue weighted by Gasteiger charge is -2.20. The fourth-order valence-corrected chi connectivity index (χ4v) is 2.99. The molecule has 0 aliphatic carbocycles. The number of aryl methyl sites for hydroxylation is 1. The minimum Gasteiger partial charge on any atom is -0.378 e. The number of fused-ring (bicyclic) bond motifs is 1. The standard InChI is InChI=1S/C16H23N5O2/c1-10(2)21-7-13(14(8-21)23-4)19-16(22)11-5-12-15(17-6-11)20(3)9-18-12/h5-6,9-10,13-14H,7-8H2,1-4H3,(H,19,22)/t13-,14-/m0/s1. The molecule has 2 aromatic rings. The summed E-state index contributed by atoms with van der Waals surface area (Å²) in [5.41, 5.74) is 2.01. The number of pyridine rings is 1. The summed E-state index contributed by atoms with van der Waals surface area (Å²) in [5, 5.41) is 3.07. The molecular weight excluding hydrogens is 294 g/mol. The monoisotopic (exact) mass is 317 g/mol. The molecule has 23 heavy (non-hydrogen) atoms. The number of hydrogen-bond donors (Lipinski definition) is 1. The molecule has 2 aromatic heterocycles. The van der Waals surface area contributed by atoms with E-state index in [9.17, 15) is 4.79 Å². The number of nitrogens with one attached hydrogen (secondary N) is 1. The number of likely N-dealkylation sites (tertiary alicyclic amines) is 1. The maximum Gasteiger partial charge on any atom is 0.253 e. The number of nitrogens with zero attached hydrogens (tertiary/aromatic N) is 4. The van der Waals surface area contributed by atoms with Crippen molar-refractivity contribution in [2.24, 2.45) is 7.05 Å². The van der Waals surface area contributed by atoms with Crippen LogP contribution in [0.5, 0.6) is 0 Å². The van der Waals surface area contributed by atoms with Crippen molar-refractivity contribution >= 4 is 17.1 Å². The van der Waals surface area contributed by atoms with Gasteiger partial charge in [-0.25, -0.2) is 9.97 Å². The van der Waals surface area contributed by atoms with Gasteiger partial charge < -0.3 is 14.6 Å². The van der Waals surface area contributed by atoms with Gasteiger partial charge in [-0.15, -0.1) is 0 Å². The molecule has 1 fully saturated rings. The Morgan fingerprint density at radius 3 is 2.87 bits per heavy atom. The van der Waals surface area contributed by atoms with Crippen LogP contribution in [0.1, 0.15) is 24.2 Å².